The fourth-order valence-corrected chi connectivity index (χ4v) is 1.43. The molecule has 0 spiro atoms. The average molecular weight is 200 g/mol. The van der Waals surface area contributed by atoms with Crippen molar-refractivity contribution in [2.45, 2.75) is 12.5 Å². The van der Waals surface area contributed by atoms with Crippen LogP contribution in [-0.4, -0.2) is 15.3 Å². The molecule has 1 aromatic heterocycles. The van der Waals surface area contributed by atoms with E-state index in [1.54, 1.807) is 18.3 Å². The summed E-state index contributed by atoms with van der Waals surface area (Å²) >= 11 is 0. The van der Waals surface area contributed by atoms with Crippen LogP contribution in [0.1, 0.15) is 17.4 Å². The number of hydrogen-bond donors (Lipinski definition) is 1. The molecular formula is C12H12N2O. The van der Waals surface area contributed by atoms with Gasteiger partial charge < -0.3 is 5.11 Å². The van der Waals surface area contributed by atoms with Gasteiger partial charge in [-0.05, 0) is 17.7 Å². The van der Waals surface area contributed by atoms with E-state index >= 15 is 0 Å². The number of aliphatic hydroxyl groups excluding tert-OH is 1. The van der Waals surface area contributed by atoms with Gasteiger partial charge in [0.15, 0.2) is 0 Å². The van der Waals surface area contributed by atoms with Crippen molar-refractivity contribution in [2.24, 2.45) is 0 Å². The van der Waals surface area contributed by atoms with Crippen molar-refractivity contribution >= 4 is 0 Å². The standard InChI is InChI=1S/C12H12N2O/c15-12(11-7-4-8-13-14-11)9-10-5-2-1-3-6-10/h1-8,12,15H,9H2. The number of hydrogen-bond acceptors (Lipinski definition) is 3. The zero-order valence-electron chi connectivity index (χ0n) is 8.24. The lowest BCUT2D eigenvalue weighted by Gasteiger charge is -2.08. The van der Waals surface area contributed by atoms with E-state index in [9.17, 15) is 5.11 Å². The van der Waals surface area contributed by atoms with Gasteiger partial charge >= 0.3 is 0 Å². The van der Waals surface area contributed by atoms with E-state index < -0.39 is 6.10 Å². The lowest BCUT2D eigenvalue weighted by Crippen LogP contribution is -2.04. The molecule has 1 N–H and O–H groups in total. The molecule has 0 saturated heterocycles. The van der Waals surface area contributed by atoms with Gasteiger partial charge in [-0.2, -0.15) is 10.2 Å². The summed E-state index contributed by atoms with van der Waals surface area (Å²) in [6.07, 6.45) is 1.58. The van der Waals surface area contributed by atoms with Crippen LogP contribution in [0, 0.1) is 0 Å². The van der Waals surface area contributed by atoms with Gasteiger partial charge in [0.1, 0.15) is 6.10 Å². The van der Waals surface area contributed by atoms with Crippen LogP contribution in [0.25, 0.3) is 0 Å². The molecule has 0 aliphatic rings. The predicted octanol–water partition coefficient (Wildman–Crippen LogP) is 1.75. The Balaban J connectivity index is 2.08. The van der Waals surface area contributed by atoms with Crippen LogP contribution in [0.4, 0.5) is 0 Å². The minimum absolute atomic E-state index is 0.569. The topological polar surface area (TPSA) is 46.0 Å². The Kier molecular flexibility index (Phi) is 3.05. The van der Waals surface area contributed by atoms with Crippen molar-refractivity contribution in [1.29, 1.82) is 0 Å². The van der Waals surface area contributed by atoms with Gasteiger partial charge in [-0.15, -0.1) is 0 Å². The first-order valence-electron chi connectivity index (χ1n) is 4.86. The van der Waals surface area contributed by atoms with Crippen LogP contribution >= 0.6 is 0 Å². The lowest BCUT2D eigenvalue weighted by molar-refractivity contribution is 0.172. The molecule has 1 heterocycles. The third kappa shape index (κ3) is 2.60. The SMILES string of the molecule is OC(Cc1ccccc1)c1cccnn1. The van der Waals surface area contributed by atoms with Crippen molar-refractivity contribution < 1.29 is 5.11 Å². The minimum atomic E-state index is -0.582. The molecule has 0 saturated carbocycles. The first-order chi connectivity index (χ1) is 7.36. The van der Waals surface area contributed by atoms with E-state index in [1.807, 2.05) is 30.3 Å². The summed E-state index contributed by atoms with van der Waals surface area (Å²) < 4.78 is 0. The van der Waals surface area contributed by atoms with Crippen LogP contribution < -0.4 is 0 Å². The summed E-state index contributed by atoms with van der Waals surface area (Å²) in [6, 6.07) is 13.4. The van der Waals surface area contributed by atoms with Crippen molar-refractivity contribution in [3.8, 4) is 0 Å². The van der Waals surface area contributed by atoms with E-state index in [0.29, 0.717) is 12.1 Å². The molecule has 3 heteroatoms. The van der Waals surface area contributed by atoms with Crippen molar-refractivity contribution in [2.75, 3.05) is 0 Å². The maximum Gasteiger partial charge on any atom is 0.102 e. The largest absolute Gasteiger partial charge is 0.386 e. The highest BCUT2D eigenvalue weighted by Crippen LogP contribution is 2.14. The molecule has 0 aliphatic heterocycles. The molecule has 76 valence electrons. The molecule has 1 aromatic carbocycles. The average Bonchev–Trinajstić information content (AvgIpc) is 2.31. The Morgan fingerprint density at radius 1 is 1.07 bits per heavy atom. The highest BCUT2D eigenvalue weighted by molar-refractivity contribution is 5.17. The highest BCUT2D eigenvalue weighted by atomic mass is 16.3. The number of rotatable bonds is 3. The number of nitrogens with zero attached hydrogens (tertiary/aromatic N) is 2. The predicted molar refractivity (Wildman–Crippen MR) is 57.1 cm³/mol. The molecule has 1 unspecified atom stereocenters. The van der Waals surface area contributed by atoms with Gasteiger partial charge in [0.25, 0.3) is 0 Å². The maximum atomic E-state index is 9.87. The van der Waals surface area contributed by atoms with Crippen LogP contribution in [0.3, 0.4) is 0 Å². The number of aliphatic hydroxyl groups is 1. The Morgan fingerprint density at radius 2 is 1.87 bits per heavy atom. The normalized spacial score (nSPS) is 12.3. The summed E-state index contributed by atoms with van der Waals surface area (Å²) in [5.74, 6) is 0. The first-order valence-corrected chi connectivity index (χ1v) is 4.86. The molecule has 15 heavy (non-hydrogen) atoms. The Bertz CT molecular complexity index is 402. The fourth-order valence-electron chi connectivity index (χ4n) is 1.43. The van der Waals surface area contributed by atoms with Gasteiger partial charge in [-0.25, -0.2) is 0 Å². The van der Waals surface area contributed by atoms with Gasteiger partial charge in [-0.3, -0.25) is 0 Å². The highest BCUT2D eigenvalue weighted by Gasteiger charge is 2.09. The van der Waals surface area contributed by atoms with E-state index in [2.05, 4.69) is 10.2 Å². The molecule has 1 atom stereocenters. The summed E-state index contributed by atoms with van der Waals surface area (Å²) in [5, 5.41) is 17.5. The molecule has 0 aliphatic carbocycles. The van der Waals surface area contributed by atoms with E-state index in [-0.39, 0.29) is 0 Å². The third-order valence-corrected chi connectivity index (χ3v) is 2.21. The van der Waals surface area contributed by atoms with Gasteiger partial charge in [0, 0.05) is 12.6 Å². The Hall–Kier alpha value is -1.74. The van der Waals surface area contributed by atoms with Gasteiger partial charge in [-0.1, -0.05) is 30.3 Å². The summed E-state index contributed by atoms with van der Waals surface area (Å²) in [4.78, 5) is 0. The van der Waals surface area contributed by atoms with Crippen molar-refractivity contribution in [3.63, 3.8) is 0 Å². The second kappa shape index (κ2) is 4.66. The van der Waals surface area contributed by atoms with Crippen LogP contribution in [0.15, 0.2) is 48.7 Å². The molecule has 2 aromatic rings. The summed E-state index contributed by atoms with van der Waals surface area (Å²) in [6.45, 7) is 0. The van der Waals surface area contributed by atoms with Crippen LogP contribution in [0.2, 0.25) is 0 Å². The van der Waals surface area contributed by atoms with Crippen molar-refractivity contribution in [1.82, 2.24) is 10.2 Å². The molecule has 0 fully saturated rings. The van der Waals surface area contributed by atoms with E-state index in [4.69, 9.17) is 0 Å². The lowest BCUT2D eigenvalue weighted by atomic mass is 10.1. The zero-order valence-corrected chi connectivity index (χ0v) is 8.24. The first kappa shape index (κ1) is 9.80. The van der Waals surface area contributed by atoms with Crippen molar-refractivity contribution in [3.05, 3.63) is 59.9 Å². The summed E-state index contributed by atoms with van der Waals surface area (Å²) in [7, 11) is 0. The molecule has 0 amide bonds. The second-order valence-electron chi connectivity index (χ2n) is 3.35. The second-order valence-corrected chi connectivity index (χ2v) is 3.35. The van der Waals surface area contributed by atoms with Gasteiger partial charge in [0.2, 0.25) is 0 Å². The minimum Gasteiger partial charge on any atom is -0.386 e. The van der Waals surface area contributed by atoms with E-state index in [1.165, 1.54) is 0 Å². The molecule has 0 radical (unpaired) electrons. The smallest absolute Gasteiger partial charge is 0.102 e. The monoisotopic (exact) mass is 200 g/mol. The van der Waals surface area contributed by atoms with Crippen LogP contribution in [-0.2, 0) is 6.42 Å². The van der Waals surface area contributed by atoms with Gasteiger partial charge in [0.05, 0.1) is 5.69 Å². The Labute approximate surface area is 88.4 Å². The quantitative estimate of drug-likeness (QED) is 0.821. The number of benzene rings is 1. The maximum absolute atomic E-state index is 9.87. The molecule has 2 rings (SSSR count). The number of aromatic nitrogens is 2. The summed E-state index contributed by atoms with van der Waals surface area (Å²) in [5.41, 5.74) is 1.71. The zero-order chi connectivity index (χ0) is 10.5. The van der Waals surface area contributed by atoms with E-state index in [0.717, 1.165) is 5.56 Å². The molecular weight excluding hydrogens is 188 g/mol. The van der Waals surface area contributed by atoms with Crippen LogP contribution in [0.5, 0.6) is 0 Å². The Morgan fingerprint density at radius 3 is 2.53 bits per heavy atom. The molecule has 3 nitrogen and oxygen atoms in total. The molecule has 0 bridgehead atoms. The third-order valence-electron chi connectivity index (χ3n) is 2.21. The fraction of sp³-hybridized carbons (Fsp3) is 0.167.